The van der Waals surface area contributed by atoms with E-state index in [4.69, 9.17) is 11.6 Å². The number of halogens is 1. The summed E-state index contributed by atoms with van der Waals surface area (Å²) in [5.41, 5.74) is 2.08. The molecule has 0 bridgehead atoms. The predicted octanol–water partition coefficient (Wildman–Crippen LogP) is 3.66. The van der Waals surface area contributed by atoms with Crippen molar-refractivity contribution in [3.63, 3.8) is 0 Å². The third-order valence-corrected chi connectivity index (χ3v) is 5.33. The number of rotatable bonds is 7. The van der Waals surface area contributed by atoms with Crippen LogP contribution in [0.4, 0.5) is 5.69 Å². The molecule has 1 aromatic carbocycles. The molecule has 0 atom stereocenters. The Hall–Kier alpha value is -1.85. The molecule has 1 fully saturated rings. The number of hydrogen-bond donors (Lipinski definition) is 0. The van der Waals surface area contributed by atoms with Crippen molar-refractivity contribution >= 4 is 34.1 Å². The van der Waals surface area contributed by atoms with Crippen LogP contribution in [0.25, 0.3) is 10.9 Å². The van der Waals surface area contributed by atoms with Crippen LogP contribution < -0.4 is 4.90 Å². The third kappa shape index (κ3) is 4.90. The lowest BCUT2D eigenvalue weighted by Crippen LogP contribution is -2.51. The molecule has 0 saturated carbocycles. The van der Waals surface area contributed by atoms with Crippen molar-refractivity contribution in [1.29, 1.82) is 0 Å². The minimum Gasteiger partial charge on any atom is -0.367 e. The summed E-state index contributed by atoms with van der Waals surface area (Å²) < 4.78 is 0. The molecule has 5 nitrogen and oxygen atoms in total. The van der Waals surface area contributed by atoms with Crippen molar-refractivity contribution < 1.29 is 4.79 Å². The number of anilines is 1. The van der Waals surface area contributed by atoms with Gasteiger partial charge in [-0.3, -0.25) is 14.7 Å². The molecule has 0 aliphatic carbocycles. The quantitative estimate of drug-likeness (QED) is 0.725. The number of pyridine rings is 1. The number of amides is 1. The molecular weight excluding hydrogens is 360 g/mol. The molecule has 6 heteroatoms. The number of carbonyl (C=O) groups excluding carboxylic acids is 1. The molecule has 1 aliphatic rings. The van der Waals surface area contributed by atoms with Gasteiger partial charge >= 0.3 is 0 Å². The minimum atomic E-state index is 0.253. The van der Waals surface area contributed by atoms with Gasteiger partial charge in [0, 0.05) is 48.5 Å². The van der Waals surface area contributed by atoms with Crippen LogP contribution in [0.2, 0.25) is 5.02 Å². The van der Waals surface area contributed by atoms with Gasteiger partial charge in [-0.15, -0.1) is 0 Å². The van der Waals surface area contributed by atoms with Gasteiger partial charge in [-0.1, -0.05) is 25.4 Å². The molecule has 27 heavy (non-hydrogen) atoms. The number of hydrogen-bond acceptors (Lipinski definition) is 4. The first kappa shape index (κ1) is 19.9. The van der Waals surface area contributed by atoms with Crippen LogP contribution >= 0.6 is 11.6 Å². The summed E-state index contributed by atoms with van der Waals surface area (Å²) >= 11 is 6.10. The van der Waals surface area contributed by atoms with Crippen molar-refractivity contribution in [1.82, 2.24) is 14.8 Å². The molecule has 1 saturated heterocycles. The summed E-state index contributed by atoms with van der Waals surface area (Å²) in [5.74, 6) is 0.253. The minimum absolute atomic E-state index is 0.253. The standard InChI is InChI=1S/C21H29ClN4O/c1-3-9-24(10-4-2)16-21(27)26-13-11-25(12-14-26)20-7-8-23-19-15-17(22)5-6-18(19)20/h5-8,15H,3-4,9-14,16H2,1-2H3. The van der Waals surface area contributed by atoms with Gasteiger partial charge in [0.15, 0.2) is 0 Å². The second-order valence-electron chi connectivity index (χ2n) is 7.14. The Morgan fingerprint density at radius 2 is 1.81 bits per heavy atom. The maximum atomic E-state index is 12.7. The van der Waals surface area contributed by atoms with E-state index >= 15 is 0 Å². The van der Waals surface area contributed by atoms with Gasteiger partial charge in [0.2, 0.25) is 5.91 Å². The zero-order valence-electron chi connectivity index (χ0n) is 16.3. The molecule has 0 radical (unpaired) electrons. The fraction of sp³-hybridized carbons (Fsp3) is 0.524. The molecule has 2 aromatic rings. The fourth-order valence-electron chi connectivity index (χ4n) is 3.77. The van der Waals surface area contributed by atoms with Crippen LogP contribution in [0.1, 0.15) is 26.7 Å². The monoisotopic (exact) mass is 388 g/mol. The molecule has 3 rings (SSSR count). The van der Waals surface area contributed by atoms with Crippen LogP contribution in [-0.4, -0.2) is 66.5 Å². The number of benzene rings is 1. The van der Waals surface area contributed by atoms with Gasteiger partial charge in [-0.2, -0.15) is 0 Å². The normalized spacial score (nSPS) is 15.0. The zero-order valence-corrected chi connectivity index (χ0v) is 17.1. The maximum Gasteiger partial charge on any atom is 0.236 e. The lowest BCUT2D eigenvalue weighted by molar-refractivity contribution is -0.132. The Kier molecular flexibility index (Phi) is 6.91. The fourth-order valence-corrected chi connectivity index (χ4v) is 3.94. The van der Waals surface area contributed by atoms with E-state index in [0.717, 1.165) is 63.0 Å². The summed E-state index contributed by atoms with van der Waals surface area (Å²) in [5, 5.41) is 1.81. The van der Waals surface area contributed by atoms with Crippen molar-refractivity contribution in [2.24, 2.45) is 0 Å². The van der Waals surface area contributed by atoms with E-state index in [-0.39, 0.29) is 5.91 Å². The van der Waals surface area contributed by atoms with Crippen LogP contribution in [0, 0.1) is 0 Å². The van der Waals surface area contributed by atoms with Crippen LogP contribution in [0.3, 0.4) is 0 Å². The summed E-state index contributed by atoms with van der Waals surface area (Å²) in [7, 11) is 0. The van der Waals surface area contributed by atoms with E-state index < -0.39 is 0 Å². The lowest BCUT2D eigenvalue weighted by Gasteiger charge is -2.37. The Bertz CT molecular complexity index is 768. The number of fused-ring (bicyclic) bond motifs is 1. The molecule has 1 aliphatic heterocycles. The topological polar surface area (TPSA) is 39.7 Å². The molecule has 0 spiro atoms. The van der Waals surface area contributed by atoms with Gasteiger partial charge in [0.05, 0.1) is 12.1 Å². The molecular formula is C21H29ClN4O. The lowest BCUT2D eigenvalue weighted by atomic mass is 10.1. The number of piperazine rings is 1. The molecule has 0 unspecified atom stereocenters. The maximum absolute atomic E-state index is 12.7. The first-order valence-corrected chi connectivity index (χ1v) is 10.3. The molecule has 1 amide bonds. The molecule has 1 aromatic heterocycles. The van der Waals surface area contributed by atoms with Crippen LogP contribution in [0.5, 0.6) is 0 Å². The van der Waals surface area contributed by atoms with E-state index in [1.807, 2.05) is 29.3 Å². The largest absolute Gasteiger partial charge is 0.367 e. The second kappa shape index (κ2) is 9.38. The highest BCUT2D eigenvalue weighted by Gasteiger charge is 2.23. The van der Waals surface area contributed by atoms with E-state index in [1.165, 1.54) is 5.69 Å². The van der Waals surface area contributed by atoms with Gasteiger partial charge in [-0.05, 0) is 50.2 Å². The van der Waals surface area contributed by atoms with Crippen LogP contribution in [0.15, 0.2) is 30.5 Å². The Morgan fingerprint density at radius 1 is 1.11 bits per heavy atom. The van der Waals surface area contributed by atoms with Crippen molar-refractivity contribution in [3.8, 4) is 0 Å². The highest BCUT2D eigenvalue weighted by atomic mass is 35.5. The SMILES string of the molecule is CCCN(CCC)CC(=O)N1CCN(c2ccnc3cc(Cl)ccc23)CC1. The van der Waals surface area contributed by atoms with Gasteiger partial charge in [-0.25, -0.2) is 0 Å². The van der Waals surface area contributed by atoms with Crippen molar-refractivity contribution in [3.05, 3.63) is 35.5 Å². The van der Waals surface area contributed by atoms with E-state index in [0.29, 0.717) is 11.6 Å². The summed E-state index contributed by atoms with van der Waals surface area (Å²) in [4.78, 5) is 23.7. The molecule has 2 heterocycles. The Morgan fingerprint density at radius 3 is 2.48 bits per heavy atom. The average molecular weight is 389 g/mol. The van der Waals surface area contributed by atoms with E-state index in [2.05, 4.69) is 34.7 Å². The van der Waals surface area contributed by atoms with Gasteiger partial charge in [0.1, 0.15) is 0 Å². The summed E-state index contributed by atoms with van der Waals surface area (Å²) in [6.45, 7) is 10.1. The Labute approximate surface area is 166 Å². The van der Waals surface area contributed by atoms with Crippen molar-refractivity contribution in [2.45, 2.75) is 26.7 Å². The molecule has 0 N–H and O–H groups in total. The summed E-state index contributed by atoms with van der Waals surface area (Å²) in [6, 6.07) is 7.89. The summed E-state index contributed by atoms with van der Waals surface area (Å²) in [6.07, 6.45) is 4.00. The van der Waals surface area contributed by atoms with Crippen LogP contribution in [-0.2, 0) is 4.79 Å². The van der Waals surface area contributed by atoms with Crippen molar-refractivity contribution in [2.75, 3.05) is 50.7 Å². The average Bonchev–Trinajstić information content (AvgIpc) is 2.68. The number of aromatic nitrogens is 1. The highest BCUT2D eigenvalue weighted by Crippen LogP contribution is 2.28. The van der Waals surface area contributed by atoms with Gasteiger partial charge in [0.25, 0.3) is 0 Å². The third-order valence-electron chi connectivity index (χ3n) is 5.09. The highest BCUT2D eigenvalue weighted by molar-refractivity contribution is 6.31. The first-order valence-electron chi connectivity index (χ1n) is 9.91. The molecule has 146 valence electrons. The van der Waals surface area contributed by atoms with Gasteiger partial charge < -0.3 is 9.80 Å². The predicted molar refractivity (Wildman–Crippen MR) is 113 cm³/mol. The number of carbonyl (C=O) groups is 1. The Balaban J connectivity index is 1.63. The number of nitrogens with zero attached hydrogens (tertiary/aromatic N) is 4. The van der Waals surface area contributed by atoms with E-state index in [9.17, 15) is 4.79 Å². The zero-order chi connectivity index (χ0) is 19.2. The smallest absolute Gasteiger partial charge is 0.236 e. The van der Waals surface area contributed by atoms with E-state index in [1.54, 1.807) is 0 Å². The second-order valence-corrected chi connectivity index (χ2v) is 7.57. The first-order chi connectivity index (χ1) is 13.1.